The zero-order valence-corrected chi connectivity index (χ0v) is 19.8. The van der Waals surface area contributed by atoms with Crippen LogP contribution in [-0.2, 0) is 4.43 Å². The van der Waals surface area contributed by atoms with Crippen molar-refractivity contribution in [3.8, 4) is 0 Å². The summed E-state index contributed by atoms with van der Waals surface area (Å²) < 4.78 is 6.91. The molecule has 154 valence electrons. The van der Waals surface area contributed by atoms with E-state index >= 15 is 0 Å². The molecule has 1 heterocycles. The molecule has 1 fully saturated rings. The van der Waals surface area contributed by atoms with Gasteiger partial charge in [0.15, 0.2) is 8.32 Å². The molecule has 1 saturated carbocycles. The Hall–Kier alpha value is -0.423. The predicted molar refractivity (Wildman–Crippen MR) is 119 cm³/mol. The van der Waals surface area contributed by atoms with Crippen LogP contribution in [-0.4, -0.2) is 26.4 Å². The van der Waals surface area contributed by atoms with Gasteiger partial charge in [0, 0.05) is 17.8 Å². The molecule has 1 aliphatic carbocycles. The van der Waals surface area contributed by atoms with Crippen LogP contribution in [0.15, 0.2) is 6.07 Å². The first-order chi connectivity index (χ1) is 12.9. The average Bonchev–Trinajstić information content (AvgIpc) is 2.66. The summed E-state index contributed by atoms with van der Waals surface area (Å²) in [5.41, 5.74) is 3.26. The van der Waals surface area contributed by atoms with E-state index in [0.717, 1.165) is 48.4 Å². The standard InChI is InChI=1S/C22H39ClN2OSi/c1-6-27(7-2,8-3)26-20(16-24-15-19-12-10-9-11-13-19)21-17(4)14-18(5)25-22(21)23/h14,19-20,24H,6-13,15-16H2,1-5H3. The molecular weight excluding hydrogens is 372 g/mol. The third kappa shape index (κ3) is 6.28. The normalized spacial score (nSPS) is 17.3. The second-order valence-electron chi connectivity index (χ2n) is 8.30. The number of hydrogen-bond acceptors (Lipinski definition) is 3. The van der Waals surface area contributed by atoms with Crippen molar-refractivity contribution in [1.82, 2.24) is 10.3 Å². The lowest BCUT2D eigenvalue weighted by atomic mass is 9.89. The zero-order chi connectivity index (χ0) is 19.9. The lowest BCUT2D eigenvalue weighted by Crippen LogP contribution is -2.40. The Bertz CT molecular complexity index is 554. The Labute approximate surface area is 172 Å². The number of hydrogen-bond donors (Lipinski definition) is 1. The highest BCUT2D eigenvalue weighted by molar-refractivity contribution is 6.73. The molecule has 1 aromatic rings. The third-order valence-electron chi connectivity index (χ3n) is 6.48. The molecule has 5 heteroatoms. The molecular formula is C22H39ClN2OSi. The van der Waals surface area contributed by atoms with Crippen molar-refractivity contribution >= 4 is 19.9 Å². The number of rotatable bonds is 10. The number of halogens is 1. The highest BCUT2D eigenvalue weighted by Crippen LogP contribution is 2.34. The first kappa shape index (κ1) is 22.9. The van der Waals surface area contributed by atoms with Crippen LogP contribution in [0.25, 0.3) is 0 Å². The van der Waals surface area contributed by atoms with Gasteiger partial charge >= 0.3 is 0 Å². The molecule has 1 atom stereocenters. The summed E-state index contributed by atoms with van der Waals surface area (Å²) >= 11 is 6.61. The van der Waals surface area contributed by atoms with Gasteiger partial charge in [-0.05, 0) is 68.9 Å². The Morgan fingerprint density at radius 3 is 2.33 bits per heavy atom. The summed E-state index contributed by atoms with van der Waals surface area (Å²) in [6.07, 6.45) is 6.90. The second-order valence-corrected chi connectivity index (χ2v) is 13.4. The molecule has 2 rings (SSSR count). The van der Waals surface area contributed by atoms with E-state index < -0.39 is 8.32 Å². The number of aromatic nitrogens is 1. The SMILES string of the molecule is CC[Si](CC)(CC)OC(CNCC1CCCCC1)c1c(C)cc(C)nc1Cl. The maximum Gasteiger partial charge on any atom is 0.192 e. The van der Waals surface area contributed by atoms with E-state index in [4.69, 9.17) is 16.0 Å². The van der Waals surface area contributed by atoms with Crippen LogP contribution in [0.2, 0.25) is 23.3 Å². The van der Waals surface area contributed by atoms with Crippen LogP contribution in [0.4, 0.5) is 0 Å². The van der Waals surface area contributed by atoms with Gasteiger partial charge < -0.3 is 9.74 Å². The number of pyridine rings is 1. The van der Waals surface area contributed by atoms with Gasteiger partial charge in [-0.2, -0.15) is 0 Å². The van der Waals surface area contributed by atoms with Gasteiger partial charge in [-0.15, -0.1) is 0 Å². The Morgan fingerprint density at radius 2 is 1.78 bits per heavy atom. The minimum atomic E-state index is -1.74. The molecule has 1 N–H and O–H groups in total. The van der Waals surface area contributed by atoms with Crippen LogP contribution < -0.4 is 5.32 Å². The van der Waals surface area contributed by atoms with Crippen molar-refractivity contribution in [3.63, 3.8) is 0 Å². The van der Waals surface area contributed by atoms with Gasteiger partial charge in [-0.1, -0.05) is 51.6 Å². The molecule has 27 heavy (non-hydrogen) atoms. The van der Waals surface area contributed by atoms with Crippen molar-refractivity contribution in [2.45, 2.75) is 91.0 Å². The number of aryl methyl sites for hydroxylation is 2. The van der Waals surface area contributed by atoms with Crippen molar-refractivity contribution in [3.05, 3.63) is 28.0 Å². The summed E-state index contributed by atoms with van der Waals surface area (Å²) in [5, 5.41) is 4.34. The molecule has 3 nitrogen and oxygen atoms in total. The maximum absolute atomic E-state index is 6.91. The number of nitrogens with one attached hydrogen (secondary N) is 1. The Balaban J connectivity index is 2.17. The molecule has 0 spiro atoms. The van der Waals surface area contributed by atoms with Crippen molar-refractivity contribution < 1.29 is 4.43 Å². The number of nitrogens with zero attached hydrogens (tertiary/aromatic N) is 1. The van der Waals surface area contributed by atoms with Crippen LogP contribution in [0.3, 0.4) is 0 Å². The summed E-state index contributed by atoms with van der Waals surface area (Å²) in [5.74, 6) is 0.817. The van der Waals surface area contributed by atoms with Gasteiger partial charge in [0.1, 0.15) is 5.15 Å². The molecule has 0 saturated heterocycles. The summed E-state index contributed by atoms with van der Waals surface area (Å²) in [4.78, 5) is 4.53. The van der Waals surface area contributed by atoms with E-state index in [1.807, 2.05) is 6.92 Å². The molecule has 0 amide bonds. The van der Waals surface area contributed by atoms with Crippen molar-refractivity contribution in [1.29, 1.82) is 0 Å². The average molecular weight is 411 g/mol. The molecule has 0 aliphatic heterocycles. The van der Waals surface area contributed by atoms with Crippen LogP contribution in [0.5, 0.6) is 0 Å². The monoisotopic (exact) mass is 410 g/mol. The van der Waals surface area contributed by atoms with Gasteiger partial charge in [-0.3, -0.25) is 0 Å². The van der Waals surface area contributed by atoms with E-state index in [1.165, 1.54) is 37.7 Å². The Kier molecular flexibility index (Phi) is 9.26. The van der Waals surface area contributed by atoms with E-state index in [0.29, 0.717) is 5.15 Å². The van der Waals surface area contributed by atoms with Crippen molar-refractivity contribution in [2.75, 3.05) is 13.1 Å². The lowest BCUT2D eigenvalue weighted by Gasteiger charge is -2.35. The van der Waals surface area contributed by atoms with Gasteiger partial charge in [-0.25, -0.2) is 4.98 Å². The highest BCUT2D eigenvalue weighted by Gasteiger charge is 2.34. The second kappa shape index (κ2) is 10.9. The van der Waals surface area contributed by atoms with E-state index in [-0.39, 0.29) is 6.10 Å². The molecule has 1 aliphatic rings. The molecule has 1 aromatic heterocycles. The van der Waals surface area contributed by atoms with Gasteiger partial charge in [0.2, 0.25) is 0 Å². The van der Waals surface area contributed by atoms with E-state index in [2.05, 4.69) is 44.1 Å². The Morgan fingerprint density at radius 1 is 1.15 bits per heavy atom. The fraction of sp³-hybridized carbons (Fsp3) is 0.773. The van der Waals surface area contributed by atoms with E-state index in [9.17, 15) is 0 Å². The lowest BCUT2D eigenvalue weighted by molar-refractivity contribution is 0.181. The first-order valence-corrected chi connectivity index (χ1v) is 13.9. The molecule has 0 aromatic carbocycles. The fourth-order valence-electron chi connectivity index (χ4n) is 4.50. The quantitative estimate of drug-likeness (QED) is 0.349. The first-order valence-electron chi connectivity index (χ1n) is 11.0. The summed E-state index contributed by atoms with van der Waals surface area (Å²) in [7, 11) is -1.74. The van der Waals surface area contributed by atoms with Gasteiger partial charge in [0.25, 0.3) is 0 Å². The maximum atomic E-state index is 6.91. The van der Waals surface area contributed by atoms with Crippen LogP contribution in [0, 0.1) is 19.8 Å². The van der Waals surface area contributed by atoms with Crippen LogP contribution in [0.1, 0.15) is 75.8 Å². The highest BCUT2D eigenvalue weighted by atomic mass is 35.5. The predicted octanol–water partition coefficient (Wildman–Crippen LogP) is 6.58. The van der Waals surface area contributed by atoms with Crippen LogP contribution >= 0.6 is 11.6 Å². The minimum Gasteiger partial charge on any atom is -0.409 e. The third-order valence-corrected chi connectivity index (χ3v) is 11.4. The molecule has 0 radical (unpaired) electrons. The van der Waals surface area contributed by atoms with Crippen molar-refractivity contribution in [2.24, 2.45) is 5.92 Å². The minimum absolute atomic E-state index is 0.000655. The molecule has 1 unspecified atom stereocenters. The summed E-state index contributed by atoms with van der Waals surface area (Å²) in [6.45, 7) is 12.9. The summed E-state index contributed by atoms with van der Waals surface area (Å²) in [6, 6.07) is 5.57. The fourth-order valence-corrected chi connectivity index (χ4v) is 7.71. The largest absolute Gasteiger partial charge is 0.409 e. The zero-order valence-electron chi connectivity index (χ0n) is 18.0. The smallest absolute Gasteiger partial charge is 0.192 e. The topological polar surface area (TPSA) is 34.1 Å². The molecule has 0 bridgehead atoms. The van der Waals surface area contributed by atoms with Gasteiger partial charge in [0.05, 0.1) is 6.10 Å². The van der Waals surface area contributed by atoms with E-state index in [1.54, 1.807) is 0 Å².